The number of carbonyl (C=O) groups excluding carboxylic acids is 2. The van der Waals surface area contributed by atoms with E-state index in [1.807, 2.05) is 103 Å². The van der Waals surface area contributed by atoms with Crippen molar-refractivity contribution >= 4 is 45.7 Å². The third-order valence-electron chi connectivity index (χ3n) is 10.6. The molecule has 7 rings (SSSR count). The minimum atomic E-state index is -0.978. The van der Waals surface area contributed by atoms with Gasteiger partial charge in [0, 0.05) is 22.7 Å². The molecular formula is C45H44N2O6. The lowest BCUT2D eigenvalue weighted by Crippen LogP contribution is -2.40. The van der Waals surface area contributed by atoms with Crippen LogP contribution in [0.15, 0.2) is 138 Å². The third-order valence-corrected chi connectivity index (χ3v) is 10.6. The molecule has 1 aliphatic carbocycles. The van der Waals surface area contributed by atoms with Crippen LogP contribution in [-0.4, -0.2) is 46.5 Å². The highest BCUT2D eigenvalue weighted by Crippen LogP contribution is 2.47. The number of para-hydroxylation sites is 2. The molecule has 8 heteroatoms. The van der Waals surface area contributed by atoms with Gasteiger partial charge in [0.1, 0.15) is 18.1 Å². The van der Waals surface area contributed by atoms with Gasteiger partial charge < -0.3 is 25.4 Å². The zero-order valence-electron chi connectivity index (χ0n) is 29.7. The van der Waals surface area contributed by atoms with E-state index in [1.54, 1.807) is 18.2 Å². The first-order valence-electron chi connectivity index (χ1n) is 18.2. The van der Waals surface area contributed by atoms with Crippen molar-refractivity contribution in [3.8, 4) is 11.5 Å². The Balaban J connectivity index is 1.15. The number of fused-ring (bicyclic) bond motifs is 2. The van der Waals surface area contributed by atoms with Crippen molar-refractivity contribution in [2.24, 2.45) is 17.8 Å². The van der Waals surface area contributed by atoms with Gasteiger partial charge in [-0.3, -0.25) is 14.5 Å². The van der Waals surface area contributed by atoms with Crippen LogP contribution in [0, 0.1) is 17.8 Å². The molecule has 4 atom stereocenters. The van der Waals surface area contributed by atoms with Crippen LogP contribution in [0.5, 0.6) is 11.5 Å². The minimum absolute atomic E-state index is 0.118. The smallest absolute Gasteiger partial charge is 0.238 e. The molecule has 1 aliphatic heterocycles. The Morgan fingerprint density at radius 3 is 2.21 bits per heavy atom. The first kappa shape index (κ1) is 35.7. The molecule has 5 aromatic rings. The number of aromatic hydroxyl groups is 1. The summed E-state index contributed by atoms with van der Waals surface area (Å²) in [7, 11) is 0. The molecule has 53 heavy (non-hydrogen) atoms. The number of hydrogen-bond acceptors (Lipinski definition) is 7. The van der Waals surface area contributed by atoms with Gasteiger partial charge in [-0.05, 0) is 102 Å². The van der Waals surface area contributed by atoms with Crippen molar-refractivity contribution in [2.75, 3.05) is 23.4 Å². The van der Waals surface area contributed by atoms with Crippen LogP contribution < -0.4 is 15.0 Å². The van der Waals surface area contributed by atoms with E-state index in [0.29, 0.717) is 29.9 Å². The Hall–Kier alpha value is -5.70. The molecule has 1 saturated heterocycles. The molecule has 1 fully saturated rings. The van der Waals surface area contributed by atoms with Crippen molar-refractivity contribution < 1.29 is 29.6 Å². The minimum Gasteiger partial charge on any atom is -0.507 e. The fourth-order valence-electron chi connectivity index (χ4n) is 7.90. The Morgan fingerprint density at radius 2 is 1.51 bits per heavy atom. The number of anilines is 3. The zero-order valence-corrected chi connectivity index (χ0v) is 29.7. The lowest BCUT2D eigenvalue weighted by Gasteiger charge is -2.36. The van der Waals surface area contributed by atoms with E-state index >= 15 is 0 Å². The number of ether oxygens (including phenoxy) is 1. The van der Waals surface area contributed by atoms with Gasteiger partial charge in [0.25, 0.3) is 0 Å². The van der Waals surface area contributed by atoms with E-state index in [4.69, 9.17) is 4.74 Å². The monoisotopic (exact) mass is 708 g/mol. The van der Waals surface area contributed by atoms with Crippen molar-refractivity contribution in [1.29, 1.82) is 0 Å². The molecule has 0 unspecified atom stereocenters. The Morgan fingerprint density at radius 1 is 0.849 bits per heavy atom. The fraction of sp³-hybridized carbons (Fsp3) is 0.244. The second-order valence-corrected chi connectivity index (χ2v) is 13.8. The van der Waals surface area contributed by atoms with E-state index in [2.05, 4.69) is 18.3 Å². The summed E-state index contributed by atoms with van der Waals surface area (Å²) in [6, 6.07) is 37.6. The molecule has 5 aromatic carbocycles. The average Bonchev–Trinajstić information content (AvgIpc) is 3.45. The normalized spacial score (nSPS) is 19.4. The first-order valence-corrected chi connectivity index (χ1v) is 18.2. The Labute approximate surface area is 309 Å². The van der Waals surface area contributed by atoms with Crippen molar-refractivity contribution in [3.05, 3.63) is 144 Å². The summed E-state index contributed by atoms with van der Waals surface area (Å²) >= 11 is 0. The number of hydrogen-bond donors (Lipinski definition) is 4. The maximum Gasteiger partial charge on any atom is 0.238 e. The van der Waals surface area contributed by atoms with Gasteiger partial charge in [-0.15, -0.1) is 0 Å². The van der Waals surface area contributed by atoms with E-state index in [0.717, 1.165) is 45.3 Å². The molecule has 2 aliphatic rings. The molecule has 270 valence electrons. The third kappa shape index (κ3) is 7.47. The predicted molar refractivity (Wildman–Crippen MR) is 209 cm³/mol. The SMILES string of the molecule is CC/C(=C\c1ccc(O)c2ccccc12)CC[C@@H](O)C1=C(COc2ccccc2)C[C@H]2C(=O)N(c3ccc(Nc4ccccc4)cc3)C(=O)[C@H]2[C@H]1CO. The van der Waals surface area contributed by atoms with E-state index in [1.165, 1.54) is 4.90 Å². The van der Waals surface area contributed by atoms with Crippen LogP contribution in [0.3, 0.4) is 0 Å². The number of allylic oxidation sites excluding steroid dienone is 1. The number of aliphatic hydroxyl groups excluding tert-OH is 2. The van der Waals surface area contributed by atoms with Crippen molar-refractivity contribution in [2.45, 2.75) is 38.7 Å². The average molecular weight is 709 g/mol. The van der Waals surface area contributed by atoms with Gasteiger partial charge in [-0.2, -0.15) is 0 Å². The summed E-state index contributed by atoms with van der Waals surface area (Å²) < 4.78 is 6.18. The summed E-state index contributed by atoms with van der Waals surface area (Å²) in [5.74, 6) is -2.08. The highest BCUT2D eigenvalue weighted by atomic mass is 16.5. The van der Waals surface area contributed by atoms with Crippen LogP contribution >= 0.6 is 0 Å². The van der Waals surface area contributed by atoms with Crippen molar-refractivity contribution in [1.82, 2.24) is 0 Å². The molecule has 2 amide bonds. The van der Waals surface area contributed by atoms with Gasteiger partial charge in [0.05, 0.1) is 30.2 Å². The second kappa shape index (κ2) is 15.9. The standard InChI is InChI=1S/C45H44N2O6/c1-2-29(25-30-18-24-40(49)37-16-10-9-15-36(30)37)17-23-41(50)42-31(28-53-35-13-7-4-8-14-35)26-38-43(39(42)27-48)45(52)47(44(38)51)34-21-19-33(20-22-34)46-32-11-5-3-6-12-32/h3-16,18-22,24-25,38-39,41,43,46,48-50H,2,17,23,26-28H2,1H3/b29-25+/t38-,39+,41-,43-/m1/s1. The predicted octanol–water partition coefficient (Wildman–Crippen LogP) is 8.42. The number of benzene rings is 5. The number of nitrogens with zero attached hydrogens (tertiary/aromatic N) is 1. The van der Waals surface area contributed by atoms with Gasteiger partial charge >= 0.3 is 0 Å². The highest BCUT2D eigenvalue weighted by molar-refractivity contribution is 6.22. The molecule has 0 bridgehead atoms. The molecule has 0 radical (unpaired) electrons. The van der Waals surface area contributed by atoms with Crippen LogP contribution in [0.2, 0.25) is 0 Å². The number of imide groups is 1. The molecule has 0 spiro atoms. The Kier molecular flexibility index (Phi) is 10.7. The lowest BCUT2D eigenvalue weighted by atomic mass is 9.68. The number of aliphatic hydroxyl groups is 2. The zero-order chi connectivity index (χ0) is 36.9. The summed E-state index contributed by atoms with van der Waals surface area (Å²) in [6.45, 7) is 1.79. The van der Waals surface area contributed by atoms with Gasteiger partial charge in [-0.25, -0.2) is 0 Å². The number of rotatable bonds is 13. The molecule has 0 aromatic heterocycles. The van der Waals surface area contributed by atoms with E-state index in [-0.39, 0.29) is 30.6 Å². The quantitative estimate of drug-likeness (QED) is 0.0716. The highest BCUT2D eigenvalue weighted by Gasteiger charge is 2.55. The van der Waals surface area contributed by atoms with Crippen LogP contribution in [0.4, 0.5) is 17.1 Å². The largest absolute Gasteiger partial charge is 0.507 e. The topological polar surface area (TPSA) is 119 Å². The summed E-state index contributed by atoms with van der Waals surface area (Å²) in [4.78, 5) is 29.5. The number of phenols is 1. The van der Waals surface area contributed by atoms with Gasteiger partial charge in [0.15, 0.2) is 0 Å². The molecule has 0 saturated carbocycles. The summed E-state index contributed by atoms with van der Waals surface area (Å²) in [6.07, 6.45) is 3.05. The van der Waals surface area contributed by atoms with Crippen LogP contribution in [0.1, 0.15) is 38.2 Å². The number of carbonyl (C=O) groups is 2. The first-order chi connectivity index (χ1) is 25.9. The van der Waals surface area contributed by atoms with Gasteiger partial charge in [-0.1, -0.05) is 85.3 Å². The molecule has 8 nitrogen and oxygen atoms in total. The maximum atomic E-state index is 14.2. The number of nitrogens with one attached hydrogen (secondary N) is 1. The van der Waals surface area contributed by atoms with E-state index in [9.17, 15) is 24.9 Å². The van der Waals surface area contributed by atoms with Crippen molar-refractivity contribution in [3.63, 3.8) is 0 Å². The summed E-state index contributed by atoms with van der Waals surface area (Å²) in [5.41, 5.74) is 5.61. The fourth-order valence-corrected chi connectivity index (χ4v) is 7.90. The molecule has 1 heterocycles. The van der Waals surface area contributed by atoms with Crippen LogP contribution in [-0.2, 0) is 9.59 Å². The number of amides is 2. The summed E-state index contributed by atoms with van der Waals surface area (Å²) in [5, 5.41) is 38.3. The maximum absolute atomic E-state index is 14.2. The molecule has 4 N–H and O–H groups in total. The second-order valence-electron chi connectivity index (χ2n) is 13.8. The van der Waals surface area contributed by atoms with Crippen LogP contribution in [0.25, 0.3) is 16.8 Å². The lowest BCUT2D eigenvalue weighted by molar-refractivity contribution is -0.123. The van der Waals surface area contributed by atoms with E-state index < -0.39 is 30.5 Å². The number of phenolic OH excluding ortho intramolecular Hbond substituents is 1. The molecular weight excluding hydrogens is 665 g/mol. The van der Waals surface area contributed by atoms with Gasteiger partial charge in [0.2, 0.25) is 11.8 Å². The Bertz CT molecular complexity index is 2150.